The molecule has 1 aromatic carbocycles. The number of hydrogen-bond acceptors (Lipinski definition) is 6. The largest absolute Gasteiger partial charge is 0.371 e. The second kappa shape index (κ2) is 6.92. The summed E-state index contributed by atoms with van der Waals surface area (Å²) in [5.41, 5.74) is -0.0695. The first-order valence-corrected chi connectivity index (χ1v) is 9.64. The molecular weight excluding hydrogens is 370 g/mol. The van der Waals surface area contributed by atoms with Gasteiger partial charge in [0.25, 0.3) is 10.1 Å². The van der Waals surface area contributed by atoms with Crippen molar-refractivity contribution >= 4 is 27.6 Å². The zero-order valence-corrected chi connectivity index (χ0v) is 14.8. The Balaban J connectivity index is 1.73. The van der Waals surface area contributed by atoms with Crippen LogP contribution >= 0.6 is 0 Å². The fourth-order valence-electron chi connectivity index (χ4n) is 3.30. The van der Waals surface area contributed by atoms with Gasteiger partial charge in [0.2, 0.25) is 11.8 Å². The van der Waals surface area contributed by atoms with E-state index in [9.17, 15) is 26.8 Å². The van der Waals surface area contributed by atoms with Gasteiger partial charge in [0.1, 0.15) is 11.6 Å². The number of nitrogens with zero attached hydrogens (tertiary/aromatic N) is 1. The molecule has 1 N–H and O–H groups in total. The molecule has 2 aliphatic heterocycles. The smallest absolute Gasteiger partial charge is 0.267 e. The van der Waals surface area contributed by atoms with E-state index in [2.05, 4.69) is 9.50 Å². The van der Waals surface area contributed by atoms with Crippen molar-refractivity contribution in [1.82, 2.24) is 5.32 Å². The number of rotatable bonds is 5. The Labute approximate surface area is 149 Å². The molecule has 0 aliphatic carbocycles. The fraction of sp³-hybridized carbons (Fsp3) is 0.500. The minimum Gasteiger partial charge on any atom is -0.371 e. The molecule has 26 heavy (non-hydrogen) atoms. The lowest BCUT2D eigenvalue weighted by atomic mass is 9.89. The average molecular weight is 388 g/mol. The van der Waals surface area contributed by atoms with Gasteiger partial charge >= 0.3 is 0 Å². The molecule has 3 rings (SSSR count). The van der Waals surface area contributed by atoms with Crippen molar-refractivity contribution in [1.29, 1.82) is 0 Å². The van der Waals surface area contributed by atoms with E-state index in [1.807, 2.05) is 0 Å². The van der Waals surface area contributed by atoms with Gasteiger partial charge in [-0.3, -0.25) is 19.1 Å². The third kappa shape index (κ3) is 3.70. The van der Waals surface area contributed by atoms with Crippen molar-refractivity contribution in [2.45, 2.75) is 18.8 Å². The minimum absolute atomic E-state index is 0.0266. The van der Waals surface area contributed by atoms with Crippen molar-refractivity contribution < 1.29 is 31.0 Å². The summed E-state index contributed by atoms with van der Waals surface area (Å²) >= 11 is 0. The first-order valence-electron chi connectivity index (χ1n) is 8.06. The van der Waals surface area contributed by atoms with E-state index in [-0.39, 0.29) is 35.8 Å². The summed E-state index contributed by atoms with van der Waals surface area (Å²) < 4.78 is 56.1. The molecular formula is C16H18F2N2O5S. The predicted octanol–water partition coefficient (Wildman–Crippen LogP) is 0.897. The SMILES string of the molecule is COS(=O)(=O)CC1CN(c2cc(F)c(C3CCC(=O)NC3=O)c(F)c2)C1. The molecule has 2 aliphatic rings. The van der Waals surface area contributed by atoms with Crippen LogP contribution in [0, 0.1) is 17.6 Å². The Bertz CT molecular complexity index is 829. The van der Waals surface area contributed by atoms with E-state index in [1.165, 1.54) is 0 Å². The lowest BCUT2D eigenvalue weighted by Crippen LogP contribution is -2.49. The van der Waals surface area contributed by atoms with Crippen LogP contribution in [0.2, 0.25) is 0 Å². The van der Waals surface area contributed by atoms with Crippen LogP contribution in [0.25, 0.3) is 0 Å². The predicted molar refractivity (Wildman–Crippen MR) is 88.0 cm³/mol. The van der Waals surface area contributed by atoms with Crippen LogP contribution < -0.4 is 10.2 Å². The summed E-state index contributed by atoms with van der Waals surface area (Å²) in [6.45, 7) is 0.665. The Morgan fingerprint density at radius 2 is 1.85 bits per heavy atom. The number of nitrogens with one attached hydrogen (secondary N) is 1. The van der Waals surface area contributed by atoms with Crippen LogP contribution in [0.5, 0.6) is 0 Å². The molecule has 1 aromatic rings. The van der Waals surface area contributed by atoms with Crippen molar-refractivity contribution in [3.05, 3.63) is 29.3 Å². The number of imide groups is 1. The first-order chi connectivity index (χ1) is 12.2. The highest BCUT2D eigenvalue weighted by molar-refractivity contribution is 7.86. The van der Waals surface area contributed by atoms with Crippen LogP contribution in [0.15, 0.2) is 12.1 Å². The summed E-state index contributed by atoms with van der Waals surface area (Å²) in [5.74, 6) is -4.26. The summed E-state index contributed by atoms with van der Waals surface area (Å²) in [5, 5.41) is 2.08. The topological polar surface area (TPSA) is 92.8 Å². The van der Waals surface area contributed by atoms with Gasteiger partial charge in [-0.05, 0) is 18.6 Å². The van der Waals surface area contributed by atoms with Crippen molar-refractivity contribution in [2.24, 2.45) is 5.92 Å². The van der Waals surface area contributed by atoms with Crippen LogP contribution in [0.4, 0.5) is 14.5 Å². The third-order valence-electron chi connectivity index (χ3n) is 4.67. The molecule has 142 valence electrons. The molecule has 0 aromatic heterocycles. The molecule has 2 heterocycles. The Morgan fingerprint density at radius 1 is 1.23 bits per heavy atom. The lowest BCUT2D eigenvalue weighted by molar-refractivity contribution is -0.134. The van der Waals surface area contributed by atoms with Crippen molar-refractivity contribution in [3.8, 4) is 0 Å². The Hall–Kier alpha value is -2.07. The average Bonchev–Trinajstić information content (AvgIpc) is 2.51. The van der Waals surface area contributed by atoms with Gasteiger partial charge in [-0.25, -0.2) is 8.78 Å². The summed E-state index contributed by atoms with van der Waals surface area (Å²) in [7, 11) is -2.49. The summed E-state index contributed by atoms with van der Waals surface area (Å²) in [4.78, 5) is 24.7. The lowest BCUT2D eigenvalue weighted by Gasteiger charge is -2.40. The molecule has 0 bridgehead atoms. The van der Waals surface area contributed by atoms with Gasteiger partial charge < -0.3 is 4.90 Å². The molecule has 7 nitrogen and oxygen atoms in total. The van der Waals surface area contributed by atoms with E-state index in [0.717, 1.165) is 19.2 Å². The van der Waals surface area contributed by atoms with E-state index in [4.69, 9.17) is 0 Å². The quantitative estimate of drug-likeness (QED) is 0.595. The van der Waals surface area contributed by atoms with Gasteiger partial charge in [-0.2, -0.15) is 8.42 Å². The molecule has 0 spiro atoms. The highest BCUT2D eigenvalue weighted by Crippen LogP contribution is 2.34. The number of hydrogen-bond donors (Lipinski definition) is 1. The molecule has 0 radical (unpaired) electrons. The second-order valence-corrected chi connectivity index (χ2v) is 8.27. The summed E-state index contributed by atoms with van der Waals surface area (Å²) in [6.07, 6.45) is 0.0807. The number of halogens is 2. The highest BCUT2D eigenvalue weighted by Gasteiger charge is 2.35. The zero-order valence-electron chi connectivity index (χ0n) is 14.0. The maximum atomic E-state index is 14.5. The van der Waals surface area contributed by atoms with Crippen LogP contribution in [-0.2, 0) is 23.9 Å². The van der Waals surface area contributed by atoms with Gasteiger partial charge in [-0.15, -0.1) is 0 Å². The maximum absolute atomic E-state index is 14.5. The monoisotopic (exact) mass is 388 g/mol. The molecule has 2 amide bonds. The number of carbonyl (C=O) groups is 2. The van der Waals surface area contributed by atoms with Crippen LogP contribution in [0.1, 0.15) is 24.3 Å². The second-order valence-electron chi connectivity index (χ2n) is 6.49. The van der Waals surface area contributed by atoms with E-state index >= 15 is 0 Å². The molecule has 10 heteroatoms. The van der Waals surface area contributed by atoms with Gasteiger partial charge in [0, 0.05) is 36.7 Å². The van der Waals surface area contributed by atoms with E-state index in [1.54, 1.807) is 4.90 Å². The molecule has 2 fully saturated rings. The number of anilines is 1. The van der Waals surface area contributed by atoms with Gasteiger partial charge in [-0.1, -0.05) is 0 Å². The molecule has 1 atom stereocenters. The maximum Gasteiger partial charge on any atom is 0.267 e. The Kier molecular flexibility index (Phi) is 4.98. The van der Waals surface area contributed by atoms with Crippen LogP contribution in [0.3, 0.4) is 0 Å². The number of amides is 2. The molecule has 2 saturated heterocycles. The summed E-state index contributed by atoms with van der Waals surface area (Å²) in [6, 6.07) is 2.26. The van der Waals surface area contributed by atoms with Gasteiger partial charge in [0.05, 0.1) is 18.8 Å². The standard InChI is InChI=1S/C16H18F2N2O5S/c1-25-26(23,24)8-9-6-20(7-9)10-4-12(17)15(13(18)5-10)11-2-3-14(21)19-16(11)22/h4-5,9,11H,2-3,6-8H2,1H3,(H,19,21,22). The normalized spacial score (nSPS) is 21.5. The molecule has 0 saturated carbocycles. The first kappa shape index (κ1) is 18.7. The minimum atomic E-state index is -3.58. The van der Waals surface area contributed by atoms with Crippen molar-refractivity contribution in [3.63, 3.8) is 0 Å². The number of piperidine rings is 1. The highest BCUT2D eigenvalue weighted by atomic mass is 32.2. The number of benzene rings is 1. The fourth-order valence-corrected chi connectivity index (χ4v) is 4.22. The Morgan fingerprint density at radius 3 is 2.38 bits per heavy atom. The van der Waals surface area contributed by atoms with Crippen molar-refractivity contribution in [2.75, 3.05) is 30.9 Å². The van der Waals surface area contributed by atoms with E-state index < -0.39 is 39.5 Å². The van der Waals surface area contributed by atoms with Crippen LogP contribution in [-0.4, -0.2) is 46.2 Å². The van der Waals surface area contributed by atoms with Gasteiger partial charge in [0.15, 0.2) is 0 Å². The molecule has 1 unspecified atom stereocenters. The third-order valence-corrected chi connectivity index (χ3v) is 6.06. The zero-order chi connectivity index (χ0) is 19.1. The van der Waals surface area contributed by atoms with E-state index in [0.29, 0.717) is 13.1 Å². The number of carbonyl (C=O) groups excluding carboxylic acids is 2.